The smallest absolute Gasteiger partial charge is 0.332 e. The number of amides is 1. The summed E-state index contributed by atoms with van der Waals surface area (Å²) in [4.78, 5) is 10.6. The average molecular weight is 267 g/mol. The zero-order valence-electron chi connectivity index (χ0n) is 9.11. The minimum atomic E-state index is -4.02. The van der Waals surface area contributed by atoms with Crippen LogP contribution in [0.4, 0.5) is 0 Å². The van der Waals surface area contributed by atoms with Gasteiger partial charge in [-0.2, -0.15) is 13.7 Å². The lowest BCUT2D eigenvalue weighted by Crippen LogP contribution is -2.22. The first kappa shape index (κ1) is 13.7. The van der Waals surface area contributed by atoms with Gasteiger partial charge in [-0.05, 0) is 10.7 Å². The molecule has 0 aromatic heterocycles. The van der Waals surface area contributed by atoms with E-state index in [2.05, 4.69) is 9.44 Å². The van der Waals surface area contributed by atoms with Gasteiger partial charge in [0, 0.05) is 0 Å². The van der Waals surface area contributed by atoms with Gasteiger partial charge in [-0.15, -0.1) is 0 Å². The second-order valence-electron chi connectivity index (χ2n) is 3.18. The Bertz CT molecular complexity index is 602. The molecule has 0 heterocycles. The average Bonchev–Trinajstić information content (AvgIpc) is 2.29. The van der Waals surface area contributed by atoms with E-state index in [9.17, 15) is 13.2 Å². The molecule has 0 aliphatic carbocycles. The molecule has 0 atom stereocenters. The van der Waals surface area contributed by atoms with Gasteiger partial charge in [0.25, 0.3) is 5.91 Å². The van der Waals surface area contributed by atoms with E-state index in [0.717, 1.165) is 0 Å². The van der Waals surface area contributed by atoms with Gasteiger partial charge in [0.05, 0.1) is 0 Å². The van der Waals surface area contributed by atoms with Crippen molar-refractivity contribution in [1.82, 2.24) is 0 Å². The third-order valence-corrected chi connectivity index (χ3v) is 2.76. The summed E-state index contributed by atoms with van der Waals surface area (Å²) in [5, 5.41) is 11.3. The minimum Gasteiger partial charge on any atom is -0.364 e. The van der Waals surface area contributed by atoms with E-state index >= 15 is 0 Å². The molecule has 2 N–H and O–H groups in total. The lowest BCUT2D eigenvalue weighted by atomic mass is 10.2. The van der Waals surface area contributed by atoms with Crippen LogP contribution in [-0.4, -0.2) is 20.0 Å². The zero-order chi connectivity index (χ0) is 13.6. The summed E-state index contributed by atoms with van der Waals surface area (Å²) in [5.74, 6) is -1.58. The van der Waals surface area contributed by atoms with Gasteiger partial charge in [-0.3, -0.25) is 9.08 Å². The van der Waals surface area contributed by atoms with E-state index in [1.807, 2.05) is 0 Å². The van der Waals surface area contributed by atoms with E-state index in [1.165, 1.54) is 6.07 Å². The van der Waals surface area contributed by atoms with E-state index in [1.54, 1.807) is 30.3 Å². The number of carbonyl (C=O) groups is 1. The molecule has 0 fully saturated rings. The quantitative estimate of drug-likeness (QED) is 0.589. The van der Waals surface area contributed by atoms with Crippen LogP contribution in [0.3, 0.4) is 0 Å². The fraction of sp³-hybridized carbons (Fsp3) is 0.100. The first-order valence-corrected chi connectivity index (χ1v) is 6.25. The number of benzene rings is 1. The summed E-state index contributed by atoms with van der Waals surface area (Å²) in [6.07, 6.45) is 0. The SMILES string of the molecule is N#CC(=NOS(=O)(=O)Cc1ccccc1)C(N)=O. The topological polar surface area (TPSA) is 123 Å². The number of rotatable bonds is 5. The van der Waals surface area contributed by atoms with Gasteiger partial charge >= 0.3 is 10.1 Å². The van der Waals surface area contributed by atoms with Crippen molar-refractivity contribution in [3.8, 4) is 6.07 Å². The van der Waals surface area contributed by atoms with Gasteiger partial charge < -0.3 is 5.73 Å². The van der Waals surface area contributed by atoms with Gasteiger partial charge in [-0.1, -0.05) is 30.3 Å². The molecule has 0 bridgehead atoms. The molecule has 1 amide bonds. The number of oxime groups is 1. The molecule has 0 radical (unpaired) electrons. The minimum absolute atomic E-state index is 0.422. The van der Waals surface area contributed by atoms with Crippen molar-refractivity contribution in [2.45, 2.75) is 5.75 Å². The fourth-order valence-corrected chi connectivity index (χ4v) is 1.86. The number of hydrogen-bond donors (Lipinski definition) is 1. The van der Waals surface area contributed by atoms with Gasteiger partial charge in [0.2, 0.25) is 5.71 Å². The van der Waals surface area contributed by atoms with Crippen LogP contribution in [-0.2, 0) is 24.9 Å². The number of carbonyl (C=O) groups excluding carboxylic acids is 1. The standard InChI is InChI=1S/C10H9N3O4S/c11-6-9(10(12)14)13-17-18(15,16)7-8-4-2-1-3-5-8/h1-5H,7H2,(H2,12,14). The first-order chi connectivity index (χ1) is 8.44. The third kappa shape index (κ3) is 4.23. The van der Waals surface area contributed by atoms with Gasteiger partial charge in [-0.25, -0.2) is 0 Å². The molecule has 8 heteroatoms. The van der Waals surface area contributed by atoms with Crippen molar-refractivity contribution in [1.29, 1.82) is 5.26 Å². The number of hydrogen-bond acceptors (Lipinski definition) is 6. The molecule has 18 heavy (non-hydrogen) atoms. The maximum Gasteiger partial charge on any atom is 0.332 e. The predicted molar refractivity (Wildman–Crippen MR) is 62.4 cm³/mol. The van der Waals surface area contributed by atoms with Crippen molar-refractivity contribution in [2.24, 2.45) is 10.9 Å². The molecule has 0 saturated carbocycles. The van der Waals surface area contributed by atoms with E-state index in [4.69, 9.17) is 11.0 Å². The van der Waals surface area contributed by atoms with Crippen LogP contribution < -0.4 is 5.73 Å². The highest BCUT2D eigenvalue weighted by molar-refractivity contribution is 7.85. The highest BCUT2D eigenvalue weighted by atomic mass is 32.2. The van der Waals surface area contributed by atoms with Gasteiger partial charge in [0.15, 0.2) is 0 Å². The summed E-state index contributed by atoms with van der Waals surface area (Å²) in [6, 6.07) is 9.56. The summed E-state index contributed by atoms with van der Waals surface area (Å²) in [6.45, 7) is 0. The molecule has 0 spiro atoms. The molecule has 1 aromatic rings. The summed E-state index contributed by atoms with van der Waals surface area (Å²) in [5.41, 5.74) is 4.44. The summed E-state index contributed by atoms with van der Waals surface area (Å²) >= 11 is 0. The van der Waals surface area contributed by atoms with Crippen molar-refractivity contribution in [3.05, 3.63) is 35.9 Å². The molecular weight excluding hydrogens is 258 g/mol. The number of nitriles is 1. The molecule has 0 aliphatic rings. The summed E-state index contributed by atoms with van der Waals surface area (Å²) < 4.78 is 27.1. The highest BCUT2D eigenvalue weighted by Crippen LogP contribution is 2.07. The summed E-state index contributed by atoms with van der Waals surface area (Å²) in [7, 11) is -4.02. The molecule has 7 nitrogen and oxygen atoms in total. The van der Waals surface area contributed by atoms with Crippen molar-refractivity contribution in [2.75, 3.05) is 0 Å². The van der Waals surface area contributed by atoms with Crippen LogP contribution >= 0.6 is 0 Å². The van der Waals surface area contributed by atoms with Crippen LogP contribution in [0.25, 0.3) is 0 Å². The number of nitrogens with two attached hydrogens (primary N) is 1. The van der Waals surface area contributed by atoms with Crippen LogP contribution in [0.15, 0.2) is 35.5 Å². The maximum atomic E-state index is 11.5. The normalized spacial score (nSPS) is 11.6. The highest BCUT2D eigenvalue weighted by Gasteiger charge is 2.15. The second kappa shape index (κ2) is 5.79. The zero-order valence-corrected chi connectivity index (χ0v) is 9.92. The van der Waals surface area contributed by atoms with Crippen LogP contribution in [0.1, 0.15) is 5.56 Å². The Morgan fingerprint density at radius 3 is 2.50 bits per heavy atom. The lowest BCUT2D eigenvalue weighted by molar-refractivity contribution is -0.111. The largest absolute Gasteiger partial charge is 0.364 e. The lowest BCUT2D eigenvalue weighted by Gasteiger charge is -2.01. The van der Waals surface area contributed by atoms with Crippen molar-refractivity contribution < 1.29 is 17.5 Å². The van der Waals surface area contributed by atoms with E-state index in [0.29, 0.717) is 5.56 Å². The van der Waals surface area contributed by atoms with Crippen LogP contribution in [0, 0.1) is 11.3 Å². The molecule has 0 unspecified atom stereocenters. The third-order valence-electron chi connectivity index (χ3n) is 1.77. The molecule has 1 aromatic carbocycles. The molecular formula is C10H9N3O4S. The second-order valence-corrected chi connectivity index (χ2v) is 4.73. The number of primary amides is 1. The molecule has 0 aliphatic heterocycles. The molecule has 0 saturated heterocycles. The predicted octanol–water partition coefficient (Wildman–Crippen LogP) is -0.102. The first-order valence-electron chi connectivity index (χ1n) is 4.68. The van der Waals surface area contributed by atoms with Crippen LogP contribution in [0.2, 0.25) is 0 Å². The molecule has 1 rings (SSSR count). The Morgan fingerprint density at radius 2 is 2.00 bits per heavy atom. The van der Waals surface area contributed by atoms with Crippen molar-refractivity contribution >= 4 is 21.7 Å². The van der Waals surface area contributed by atoms with E-state index < -0.39 is 27.5 Å². The Hall–Kier alpha value is -2.40. The number of nitrogens with zero attached hydrogens (tertiary/aromatic N) is 2. The Kier molecular flexibility index (Phi) is 4.39. The van der Waals surface area contributed by atoms with Crippen LogP contribution in [0.5, 0.6) is 0 Å². The maximum absolute atomic E-state index is 11.5. The Morgan fingerprint density at radius 1 is 1.39 bits per heavy atom. The Labute approximate surface area is 104 Å². The molecule has 94 valence electrons. The monoisotopic (exact) mass is 267 g/mol. The van der Waals surface area contributed by atoms with Gasteiger partial charge in [0.1, 0.15) is 11.8 Å². The fourth-order valence-electron chi connectivity index (χ4n) is 1.02. The van der Waals surface area contributed by atoms with E-state index in [-0.39, 0.29) is 0 Å². The van der Waals surface area contributed by atoms with Crippen molar-refractivity contribution in [3.63, 3.8) is 0 Å². The Balaban J connectivity index is 2.79.